The Morgan fingerprint density at radius 2 is 2.07 bits per heavy atom. The van der Waals surface area contributed by atoms with E-state index in [1.54, 1.807) is 12.1 Å². The standard InChI is InChI=1S/C21H25FN4O/c1-14-12-15(8-9-18(14)23-10-5-11-26(2)3)24-13-16-20-17(22)6-4-7-19(20)25-21(16)27/h4,6-9,12-13,23,25,27H,5,10-11H2,1-3H3. The molecule has 1 aromatic heterocycles. The first-order valence-electron chi connectivity index (χ1n) is 8.98. The lowest BCUT2D eigenvalue weighted by Gasteiger charge is -2.12. The molecule has 1 heterocycles. The fraction of sp³-hybridized carbons (Fsp3) is 0.286. The second-order valence-electron chi connectivity index (χ2n) is 6.89. The van der Waals surface area contributed by atoms with Gasteiger partial charge < -0.3 is 20.3 Å². The second kappa shape index (κ2) is 8.22. The van der Waals surface area contributed by atoms with Crippen LogP contribution in [0.5, 0.6) is 5.88 Å². The molecule has 6 heteroatoms. The summed E-state index contributed by atoms with van der Waals surface area (Å²) in [6.45, 7) is 3.97. The van der Waals surface area contributed by atoms with Crippen molar-refractivity contribution < 1.29 is 9.50 Å². The predicted molar refractivity (Wildman–Crippen MR) is 110 cm³/mol. The molecule has 0 saturated carbocycles. The van der Waals surface area contributed by atoms with Gasteiger partial charge in [-0.15, -0.1) is 0 Å². The maximum absolute atomic E-state index is 14.1. The summed E-state index contributed by atoms with van der Waals surface area (Å²) in [4.78, 5) is 9.35. The van der Waals surface area contributed by atoms with Crippen LogP contribution in [0.25, 0.3) is 10.9 Å². The molecule has 0 amide bonds. The van der Waals surface area contributed by atoms with Gasteiger partial charge in [0, 0.05) is 23.8 Å². The minimum Gasteiger partial charge on any atom is -0.494 e. The SMILES string of the molecule is Cc1cc(N=Cc2c(O)[nH]c3cccc(F)c23)ccc1NCCCN(C)C. The zero-order valence-corrected chi connectivity index (χ0v) is 15.9. The number of hydrogen-bond acceptors (Lipinski definition) is 4. The highest BCUT2D eigenvalue weighted by molar-refractivity contribution is 6.02. The molecule has 0 fully saturated rings. The number of aromatic nitrogens is 1. The molecular weight excluding hydrogens is 343 g/mol. The van der Waals surface area contributed by atoms with Crippen LogP contribution in [0.3, 0.4) is 0 Å². The Hall–Kier alpha value is -2.86. The van der Waals surface area contributed by atoms with Gasteiger partial charge in [-0.1, -0.05) is 6.07 Å². The van der Waals surface area contributed by atoms with Gasteiger partial charge in [-0.25, -0.2) is 4.39 Å². The molecule has 27 heavy (non-hydrogen) atoms. The lowest BCUT2D eigenvalue weighted by Crippen LogP contribution is -2.16. The van der Waals surface area contributed by atoms with Crippen LogP contribution in [-0.2, 0) is 0 Å². The molecule has 0 unspecified atom stereocenters. The topological polar surface area (TPSA) is 63.7 Å². The van der Waals surface area contributed by atoms with Gasteiger partial charge in [-0.05, 0) is 69.9 Å². The van der Waals surface area contributed by atoms with Crippen LogP contribution >= 0.6 is 0 Å². The van der Waals surface area contributed by atoms with Crippen molar-refractivity contribution in [2.45, 2.75) is 13.3 Å². The van der Waals surface area contributed by atoms with Crippen LogP contribution in [0, 0.1) is 12.7 Å². The number of anilines is 1. The summed E-state index contributed by atoms with van der Waals surface area (Å²) in [5.41, 5.74) is 3.81. The highest BCUT2D eigenvalue weighted by atomic mass is 19.1. The fourth-order valence-corrected chi connectivity index (χ4v) is 3.02. The minimum atomic E-state index is -0.390. The monoisotopic (exact) mass is 368 g/mol. The van der Waals surface area contributed by atoms with Gasteiger partial charge in [0.15, 0.2) is 5.88 Å². The minimum absolute atomic E-state index is 0.0882. The Labute approximate surface area is 158 Å². The van der Waals surface area contributed by atoms with Gasteiger partial charge >= 0.3 is 0 Å². The first kappa shape index (κ1) is 18.9. The molecule has 0 atom stereocenters. The van der Waals surface area contributed by atoms with Gasteiger partial charge in [0.25, 0.3) is 0 Å². The molecule has 3 aromatic rings. The van der Waals surface area contributed by atoms with Crippen molar-refractivity contribution in [3.8, 4) is 5.88 Å². The number of halogens is 1. The molecule has 3 rings (SSSR count). The maximum atomic E-state index is 14.1. The van der Waals surface area contributed by atoms with Crippen LogP contribution in [0.1, 0.15) is 17.5 Å². The number of rotatable bonds is 7. The third-order valence-corrected chi connectivity index (χ3v) is 4.44. The summed E-state index contributed by atoms with van der Waals surface area (Å²) in [6.07, 6.45) is 2.56. The number of benzene rings is 2. The maximum Gasteiger partial charge on any atom is 0.198 e. The molecule has 0 spiro atoms. The largest absolute Gasteiger partial charge is 0.494 e. The highest BCUT2D eigenvalue weighted by Crippen LogP contribution is 2.29. The Morgan fingerprint density at radius 3 is 2.81 bits per heavy atom. The Morgan fingerprint density at radius 1 is 1.26 bits per heavy atom. The smallest absolute Gasteiger partial charge is 0.198 e. The van der Waals surface area contributed by atoms with Crippen LogP contribution in [0.4, 0.5) is 15.8 Å². The van der Waals surface area contributed by atoms with Crippen LogP contribution in [-0.4, -0.2) is 48.4 Å². The molecule has 0 aliphatic carbocycles. The van der Waals surface area contributed by atoms with Gasteiger partial charge in [0.2, 0.25) is 0 Å². The number of aromatic hydroxyl groups is 1. The lowest BCUT2D eigenvalue weighted by atomic mass is 10.1. The van der Waals surface area contributed by atoms with Crippen LogP contribution < -0.4 is 5.32 Å². The quantitative estimate of drug-likeness (QED) is 0.427. The van der Waals surface area contributed by atoms with Crippen molar-refractivity contribution in [1.29, 1.82) is 0 Å². The van der Waals surface area contributed by atoms with Crippen molar-refractivity contribution in [3.05, 3.63) is 53.3 Å². The number of nitrogens with zero attached hydrogens (tertiary/aromatic N) is 2. The van der Waals surface area contributed by atoms with Crippen LogP contribution in [0.2, 0.25) is 0 Å². The zero-order chi connectivity index (χ0) is 19.4. The number of H-pyrrole nitrogens is 1. The molecule has 0 bridgehead atoms. The Kier molecular flexibility index (Phi) is 5.76. The highest BCUT2D eigenvalue weighted by Gasteiger charge is 2.12. The molecule has 0 saturated heterocycles. The van der Waals surface area contributed by atoms with E-state index in [2.05, 4.69) is 34.3 Å². The Balaban J connectivity index is 1.75. The van der Waals surface area contributed by atoms with E-state index >= 15 is 0 Å². The third kappa shape index (κ3) is 4.46. The summed E-state index contributed by atoms with van der Waals surface area (Å²) >= 11 is 0. The van der Waals surface area contributed by atoms with E-state index in [0.717, 1.165) is 36.4 Å². The third-order valence-electron chi connectivity index (χ3n) is 4.44. The van der Waals surface area contributed by atoms with E-state index in [-0.39, 0.29) is 11.7 Å². The normalized spacial score (nSPS) is 11.7. The number of aliphatic imine (C=N–C) groups is 1. The summed E-state index contributed by atoms with van der Waals surface area (Å²) in [5, 5.41) is 13.8. The molecule has 2 aromatic carbocycles. The van der Waals surface area contributed by atoms with Crippen molar-refractivity contribution in [2.75, 3.05) is 32.5 Å². The van der Waals surface area contributed by atoms with Gasteiger partial charge in [0.1, 0.15) is 5.82 Å². The number of hydrogen-bond donors (Lipinski definition) is 3. The number of aromatic amines is 1. The van der Waals surface area contributed by atoms with Crippen molar-refractivity contribution in [1.82, 2.24) is 9.88 Å². The average Bonchev–Trinajstić information content (AvgIpc) is 2.94. The lowest BCUT2D eigenvalue weighted by molar-refractivity contribution is 0.405. The summed E-state index contributed by atoms with van der Waals surface area (Å²) in [6, 6.07) is 10.5. The van der Waals surface area contributed by atoms with E-state index in [1.165, 1.54) is 12.3 Å². The first-order valence-corrected chi connectivity index (χ1v) is 8.98. The zero-order valence-electron chi connectivity index (χ0n) is 15.9. The van der Waals surface area contributed by atoms with E-state index in [9.17, 15) is 9.50 Å². The fourth-order valence-electron chi connectivity index (χ4n) is 3.02. The van der Waals surface area contributed by atoms with Gasteiger partial charge in [-0.3, -0.25) is 4.99 Å². The van der Waals surface area contributed by atoms with Crippen LogP contribution in [0.15, 0.2) is 41.4 Å². The molecule has 0 aliphatic rings. The molecule has 5 nitrogen and oxygen atoms in total. The van der Waals surface area contributed by atoms with Gasteiger partial charge in [-0.2, -0.15) is 0 Å². The first-order chi connectivity index (χ1) is 13.0. The molecule has 0 radical (unpaired) electrons. The number of nitrogens with one attached hydrogen (secondary N) is 2. The molecule has 3 N–H and O–H groups in total. The van der Waals surface area contributed by atoms with E-state index in [4.69, 9.17) is 0 Å². The van der Waals surface area contributed by atoms with Crippen molar-refractivity contribution in [2.24, 2.45) is 4.99 Å². The van der Waals surface area contributed by atoms with E-state index in [0.29, 0.717) is 16.5 Å². The summed E-state index contributed by atoms with van der Waals surface area (Å²) in [5.74, 6) is -0.478. The van der Waals surface area contributed by atoms with E-state index < -0.39 is 0 Å². The second-order valence-corrected chi connectivity index (χ2v) is 6.89. The van der Waals surface area contributed by atoms with Crippen molar-refractivity contribution in [3.63, 3.8) is 0 Å². The Bertz CT molecular complexity index is 962. The van der Waals surface area contributed by atoms with E-state index in [1.807, 2.05) is 25.1 Å². The number of aryl methyl sites for hydroxylation is 1. The molecular formula is C21H25FN4O. The van der Waals surface area contributed by atoms with Gasteiger partial charge in [0.05, 0.1) is 16.8 Å². The van der Waals surface area contributed by atoms with Crippen molar-refractivity contribution >= 4 is 28.5 Å². The molecule has 142 valence electrons. The number of fused-ring (bicyclic) bond motifs is 1. The summed E-state index contributed by atoms with van der Waals surface area (Å²) in [7, 11) is 4.13. The average molecular weight is 368 g/mol. The predicted octanol–water partition coefficient (Wildman–Crippen LogP) is 4.44. The summed E-state index contributed by atoms with van der Waals surface area (Å²) < 4.78 is 14.1. The molecule has 0 aliphatic heterocycles.